The highest BCUT2D eigenvalue weighted by atomic mass is 15.2. The SMILES string of the molecule is CCCCN(C)c1nccc(NC(C)c2ccccc2)n1. The van der Waals surface area contributed by atoms with Gasteiger partial charge >= 0.3 is 0 Å². The van der Waals surface area contributed by atoms with Gasteiger partial charge in [-0.2, -0.15) is 4.98 Å². The Morgan fingerprint density at radius 2 is 1.95 bits per heavy atom. The lowest BCUT2D eigenvalue weighted by atomic mass is 10.1. The maximum atomic E-state index is 4.59. The molecule has 0 saturated heterocycles. The third-order valence-electron chi connectivity index (χ3n) is 3.50. The Hall–Kier alpha value is -2.10. The van der Waals surface area contributed by atoms with E-state index in [4.69, 9.17) is 0 Å². The second-order valence-electron chi connectivity index (χ2n) is 5.29. The summed E-state index contributed by atoms with van der Waals surface area (Å²) in [6.45, 7) is 5.31. The van der Waals surface area contributed by atoms with E-state index < -0.39 is 0 Å². The maximum absolute atomic E-state index is 4.59. The van der Waals surface area contributed by atoms with Gasteiger partial charge in [-0.25, -0.2) is 4.98 Å². The number of nitrogens with zero attached hydrogens (tertiary/aromatic N) is 3. The van der Waals surface area contributed by atoms with Gasteiger partial charge in [-0.05, 0) is 25.0 Å². The van der Waals surface area contributed by atoms with Crippen molar-refractivity contribution in [3.63, 3.8) is 0 Å². The van der Waals surface area contributed by atoms with Crippen LogP contribution in [0.5, 0.6) is 0 Å². The van der Waals surface area contributed by atoms with Crippen LogP contribution in [0.2, 0.25) is 0 Å². The number of rotatable bonds is 7. The van der Waals surface area contributed by atoms with Gasteiger partial charge in [0, 0.05) is 25.8 Å². The molecule has 1 aromatic carbocycles. The summed E-state index contributed by atoms with van der Waals surface area (Å²) in [5.41, 5.74) is 1.25. The molecule has 112 valence electrons. The van der Waals surface area contributed by atoms with Gasteiger partial charge in [0.05, 0.1) is 0 Å². The van der Waals surface area contributed by atoms with E-state index in [1.165, 1.54) is 12.0 Å². The summed E-state index contributed by atoms with van der Waals surface area (Å²) in [5.74, 6) is 1.63. The number of anilines is 2. The summed E-state index contributed by atoms with van der Waals surface area (Å²) in [5, 5.41) is 3.43. The first kappa shape index (κ1) is 15.3. The van der Waals surface area contributed by atoms with E-state index in [1.54, 1.807) is 0 Å². The van der Waals surface area contributed by atoms with Crippen molar-refractivity contribution < 1.29 is 0 Å². The Kier molecular flexibility index (Phi) is 5.55. The molecule has 1 heterocycles. The molecule has 0 bridgehead atoms. The van der Waals surface area contributed by atoms with Gasteiger partial charge in [0.25, 0.3) is 0 Å². The van der Waals surface area contributed by atoms with Crippen molar-refractivity contribution in [2.45, 2.75) is 32.7 Å². The molecule has 1 N–H and O–H groups in total. The monoisotopic (exact) mass is 284 g/mol. The van der Waals surface area contributed by atoms with E-state index in [0.717, 1.165) is 24.7 Å². The van der Waals surface area contributed by atoms with Gasteiger partial charge in [-0.3, -0.25) is 0 Å². The van der Waals surface area contributed by atoms with E-state index in [1.807, 2.05) is 25.4 Å². The summed E-state index contributed by atoms with van der Waals surface area (Å²) in [6, 6.07) is 12.5. The summed E-state index contributed by atoms with van der Waals surface area (Å²) in [4.78, 5) is 11.0. The van der Waals surface area contributed by atoms with Crippen LogP contribution < -0.4 is 10.2 Å². The lowest BCUT2D eigenvalue weighted by Crippen LogP contribution is -2.21. The molecule has 0 radical (unpaired) electrons. The van der Waals surface area contributed by atoms with Gasteiger partial charge in [0.2, 0.25) is 5.95 Å². The van der Waals surface area contributed by atoms with Crippen LogP contribution in [0.3, 0.4) is 0 Å². The topological polar surface area (TPSA) is 41.1 Å². The number of nitrogens with one attached hydrogen (secondary N) is 1. The highest BCUT2D eigenvalue weighted by molar-refractivity contribution is 5.42. The number of aromatic nitrogens is 2. The molecule has 0 saturated carbocycles. The lowest BCUT2D eigenvalue weighted by molar-refractivity contribution is 0.749. The second kappa shape index (κ2) is 7.62. The molecule has 1 aromatic heterocycles. The predicted octanol–water partition coefficient (Wildman–Crippen LogP) is 3.89. The van der Waals surface area contributed by atoms with Crippen LogP contribution in [0.4, 0.5) is 11.8 Å². The smallest absolute Gasteiger partial charge is 0.226 e. The number of benzene rings is 1. The van der Waals surface area contributed by atoms with Crippen molar-refractivity contribution in [1.29, 1.82) is 0 Å². The fourth-order valence-corrected chi connectivity index (χ4v) is 2.15. The molecule has 1 atom stereocenters. The largest absolute Gasteiger partial charge is 0.363 e. The predicted molar refractivity (Wildman–Crippen MR) is 88.7 cm³/mol. The van der Waals surface area contributed by atoms with Gasteiger partial charge < -0.3 is 10.2 Å². The Morgan fingerprint density at radius 1 is 1.19 bits per heavy atom. The highest BCUT2D eigenvalue weighted by Gasteiger charge is 2.08. The standard InChI is InChI=1S/C17H24N4/c1-4-5-13-21(3)17-18-12-11-16(20-17)19-14(2)15-9-7-6-8-10-15/h6-12,14H,4-5,13H2,1-3H3,(H,18,19,20). The van der Waals surface area contributed by atoms with E-state index in [0.29, 0.717) is 0 Å². The summed E-state index contributed by atoms with van der Waals surface area (Å²) in [7, 11) is 2.04. The molecule has 2 rings (SSSR count). The van der Waals surface area contributed by atoms with Gasteiger partial charge in [0.15, 0.2) is 0 Å². The molecule has 0 spiro atoms. The Labute approximate surface area is 127 Å². The van der Waals surface area contributed by atoms with Crippen molar-refractivity contribution in [1.82, 2.24) is 9.97 Å². The van der Waals surface area contributed by atoms with Crippen LogP contribution in [-0.2, 0) is 0 Å². The first-order valence-electron chi connectivity index (χ1n) is 7.56. The minimum atomic E-state index is 0.217. The van der Waals surface area contributed by atoms with Crippen LogP contribution in [0.1, 0.15) is 38.3 Å². The van der Waals surface area contributed by atoms with Crippen LogP contribution >= 0.6 is 0 Å². The van der Waals surface area contributed by atoms with Crippen molar-refractivity contribution in [2.75, 3.05) is 23.8 Å². The zero-order valence-electron chi connectivity index (χ0n) is 13.1. The highest BCUT2D eigenvalue weighted by Crippen LogP contribution is 2.18. The second-order valence-corrected chi connectivity index (χ2v) is 5.29. The van der Waals surface area contributed by atoms with Gasteiger partial charge in [-0.15, -0.1) is 0 Å². The zero-order chi connectivity index (χ0) is 15.1. The Balaban J connectivity index is 2.04. The summed E-state index contributed by atoms with van der Waals surface area (Å²) < 4.78 is 0. The molecular formula is C17H24N4. The molecule has 21 heavy (non-hydrogen) atoms. The van der Waals surface area contributed by atoms with Crippen LogP contribution in [-0.4, -0.2) is 23.6 Å². The molecule has 0 aliphatic carbocycles. The minimum Gasteiger partial charge on any atom is -0.363 e. The molecule has 1 unspecified atom stereocenters. The van der Waals surface area contributed by atoms with Crippen molar-refractivity contribution in [3.05, 3.63) is 48.2 Å². The van der Waals surface area contributed by atoms with E-state index in [9.17, 15) is 0 Å². The lowest BCUT2D eigenvalue weighted by Gasteiger charge is -2.19. The summed E-state index contributed by atoms with van der Waals surface area (Å²) >= 11 is 0. The number of hydrogen-bond acceptors (Lipinski definition) is 4. The van der Waals surface area contributed by atoms with Crippen molar-refractivity contribution in [3.8, 4) is 0 Å². The Morgan fingerprint density at radius 3 is 2.67 bits per heavy atom. The van der Waals surface area contributed by atoms with E-state index in [-0.39, 0.29) is 6.04 Å². The molecule has 0 aliphatic rings. The summed E-state index contributed by atoms with van der Waals surface area (Å²) in [6.07, 6.45) is 4.14. The quantitative estimate of drug-likeness (QED) is 0.837. The normalized spacial score (nSPS) is 12.0. The first-order valence-corrected chi connectivity index (χ1v) is 7.56. The fraction of sp³-hybridized carbons (Fsp3) is 0.412. The average molecular weight is 284 g/mol. The molecule has 4 heteroatoms. The van der Waals surface area contributed by atoms with Crippen molar-refractivity contribution in [2.24, 2.45) is 0 Å². The average Bonchev–Trinajstić information content (AvgIpc) is 2.53. The number of hydrogen-bond donors (Lipinski definition) is 1. The zero-order valence-corrected chi connectivity index (χ0v) is 13.1. The fourth-order valence-electron chi connectivity index (χ4n) is 2.15. The van der Waals surface area contributed by atoms with Gasteiger partial charge in [0.1, 0.15) is 5.82 Å². The first-order chi connectivity index (χ1) is 10.2. The van der Waals surface area contributed by atoms with E-state index in [2.05, 4.69) is 58.3 Å². The molecule has 0 aliphatic heterocycles. The molecular weight excluding hydrogens is 260 g/mol. The van der Waals surface area contributed by atoms with Crippen LogP contribution in [0.15, 0.2) is 42.6 Å². The molecule has 0 amide bonds. The van der Waals surface area contributed by atoms with Crippen LogP contribution in [0, 0.1) is 0 Å². The van der Waals surface area contributed by atoms with Crippen LogP contribution in [0.25, 0.3) is 0 Å². The number of unbranched alkanes of at least 4 members (excludes halogenated alkanes) is 1. The third kappa shape index (κ3) is 4.45. The maximum Gasteiger partial charge on any atom is 0.226 e. The van der Waals surface area contributed by atoms with Gasteiger partial charge in [-0.1, -0.05) is 43.7 Å². The molecule has 4 nitrogen and oxygen atoms in total. The van der Waals surface area contributed by atoms with Crippen molar-refractivity contribution >= 4 is 11.8 Å². The Bertz CT molecular complexity index is 541. The molecule has 2 aromatic rings. The third-order valence-corrected chi connectivity index (χ3v) is 3.50. The minimum absolute atomic E-state index is 0.217. The van der Waals surface area contributed by atoms with E-state index >= 15 is 0 Å². The molecule has 0 fully saturated rings.